The number of rotatable bonds is 5. The van der Waals surface area contributed by atoms with Gasteiger partial charge in [-0.3, -0.25) is 4.79 Å². The predicted octanol–water partition coefficient (Wildman–Crippen LogP) is 1.13. The number of carbonyl (C=O) groups is 1. The normalized spacial score (nSPS) is 18.0. The Morgan fingerprint density at radius 3 is 2.95 bits per heavy atom. The van der Waals surface area contributed by atoms with Gasteiger partial charge in [-0.15, -0.1) is 0 Å². The largest absolute Gasteiger partial charge is 0.469 e. The molecule has 1 aliphatic rings. The number of aryl methyl sites for hydroxylation is 1. The van der Waals surface area contributed by atoms with E-state index < -0.39 is 16.0 Å². The molecule has 7 heteroatoms. The number of methoxy groups -OCH3 is 1. The molecule has 1 aromatic rings. The van der Waals surface area contributed by atoms with Gasteiger partial charge < -0.3 is 10.5 Å². The van der Waals surface area contributed by atoms with Crippen LogP contribution < -0.4 is 10.5 Å². The van der Waals surface area contributed by atoms with Gasteiger partial charge in [0.2, 0.25) is 10.0 Å². The summed E-state index contributed by atoms with van der Waals surface area (Å²) in [6, 6.07) is 5.29. The number of anilines is 1. The number of sulfonamides is 1. The lowest BCUT2D eigenvalue weighted by Crippen LogP contribution is -2.33. The van der Waals surface area contributed by atoms with Crippen LogP contribution in [0.5, 0.6) is 0 Å². The standard InChI is InChI=1S/C14H20N2O4S/c1-20-14(17)7-8-21(18,19)16-13-4-2-3-10-9-11(15)5-6-12(10)13/h5-6,9,13,16H,2-4,7-8,15H2,1H3. The summed E-state index contributed by atoms with van der Waals surface area (Å²) in [7, 11) is -2.28. The van der Waals surface area contributed by atoms with Crippen LogP contribution in [0.3, 0.4) is 0 Å². The number of ether oxygens (including phenoxy) is 1. The van der Waals surface area contributed by atoms with Crippen LogP contribution in [0, 0.1) is 0 Å². The molecule has 0 saturated carbocycles. The summed E-state index contributed by atoms with van der Waals surface area (Å²) in [5.74, 6) is -0.794. The van der Waals surface area contributed by atoms with Crippen LogP contribution in [0.1, 0.15) is 36.4 Å². The second kappa shape index (κ2) is 6.44. The van der Waals surface area contributed by atoms with Crippen molar-refractivity contribution >= 4 is 21.7 Å². The number of benzene rings is 1. The molecular weight excluding hydrogens is 292 g/mol. The van der Waals surface area contributed by atoms with Gasteiger partial charge in [-0.2, -0.15) is 0 Å². The number of nitrogens with one attached hydrogen (secondary N) is 1. The van der Waals surface area contributed by atoms with E-state index in [-0.39, 0.29) is 18.2 Å². The number of nitrogen functional groups attached to an aromatic ring is 1. The number of hydrogen-bond donors (Lipinski definition) is 2. The smallest absolute Gasteiger partial charge is 0.306 e. The minimum absolute atomic E-state index is 0.146. The molecule has 1 aliphatic carbocycles. The minimum Gasteiger partial charge on any atom is -0.469 e. The number of carbonyl (C=O) groups excluding carboxylic acids is 1. The number of nitrogens with two attached hydrogens (primary N) is 1. The molecule has 2 rings (SSSR count). The molecule has 1 aromatic carbocycles. The Morgan fingerprint density at radius 1 is 1.48 bits per heavy atom. The summed E-state index contributed by atoms with van der Waals surface area (Å²) in [5, 5.41) is 0. The van der Waals surface area contributed by atoms with E-state index in [4.69, 9.17) is 5.73 Å². The second-order valence-corrected chi connectivity index (χ2v) is 7.04. The van der Waals surface area contributed by atoms with Crippen LogP contribution >= 0.6 is 0 Å². The molecule has 0 spiro atoms. The van der Waals surface area contributed by atoms with E-state index in [0.717, 1.165) is 30.4 Å². The van der Waals surface area contributed by atoms with Gasteiger partial charge in [-0.05, 0) is 42.5 Å². The van der Waals surface area contributed by atoms with Gasteiger partial charge in [0.15, 0.2) is 0 Å². The van der Waals surface area contributed by atoms with Gasteiger partial charge in [0.25, 0.3) is 0 Å². The molecule has 0 amide bonds. The van der Waals surface area contributed by atoms with Crippen LogP contribution in [0.4, 0.5) is 5.69 Å². The molecule has 0 fully saturated rings. The fourth-order valence-electron chi connectivity index (χ4n) is 2.55. The van der Waals surface area contributed by atoms with E-state index in [1.807, 2.05) is 12.1 Å². The lowest BCUT2D eigenvalue weighted by atomic mass is 9.88. The summed E-state index contributed by atoms with van der Waals surface area (Å²) in [6.45, 7) is 0. The Hall–Kier alpha value is -1.60. The van der Waals surface area contributed by atoms with Crippen LogP contribution in [-0.4, -0.2) is 27.2 Å². The summed E-state index contributed by atoms with van der Waals surface area (Å²) in [6.07, 6.45) is 2.41. The van der Waals surface area contributed by atoms with Crippen molar-refractivity contribution in [3.8, 4) is 0 Å². The molecule has 21 heavy (non-hydrogen) atoms. The molecule has 3 N–H and O–H groups in total. The fraction of sp³-hybridized carbons (Fsp3) is 0.500. The zero-order valence-electron chi connectivity index (χ0n) is 12.0. The summed E-state index contributed by atoms with van der Waals surface area (Å²) in [5.41, 5.74) is 8.50. The van der Waals surface area contributed by atoms with Crippen LogP contribution in [-0.2, 0) is 26.0 Å². The third-order valence-electron chi connectivity index (χ3n) is 3.61. The highest BCUT2D eigenvalue weighted by Gasteiger charge is 2.25. The molecule has 0 bridgehead atoms. The highest BCUT2D eigenvalue weighted by molar-refractivity contribution is 7.89. The van der Waals surface area contributed by atoms with Crippen molar-refractivity contribution in [2.45, 2.75) is 31.7 Å². The molecule has 0 saturated heterocycles. The minimum atomic E-state index is -3.52. The van der Waals surface area contributed by atoms with Crippen molar-refractivity contribution in [2.24, 2.45) is 0 Å². The van der Waals surface area contributed by atoms with Gasteiger partial charge in [-0.1, -0.05) is 6.07 Å². The predicted molar refractivity (Wildman–Crippen MR) is 80.1 cm³/mol. The zero-order chi connectivity index (χ0) is 15.5. The molecule has 1 atom stereocenters. The first-order valence-corrected chi connectivity index (χ1v) is 8.51. The van der Waals surface area contributed by atoms with Crippen molar-refractivity contribution in [3.63, 3.8) is 0 Å². The van der Waals surface area contributed by atoms with Crippen molar-refractivity contribution in [1.82, 2.24) is 4.72 Å². The average Bonchev–Trinajstić information content (AvgIpc) is 2.44. The maximum atomic E-state index is 12.1. The third kappa shape index (κ3) is 4.18. The van der Waals surface area contributed by atoms with Crippen LogP contribution in [0.25, 0.3) is 0 Å². The molecular formula is C14H20N2O4S. The number of hydrogen-bond acceptors (Lipinski definition) is 5. The lowest BCUT2D eigenvalue weighted by molar-refractivity contribution is -0.140. The lowest BCUT2D eigenvalue weighted by Gasteiger charge is -2.26. The summed E-state index contributed by atoms with van der Waals surface area (Å²) in [4.78, 5) is 11.1. The zero-order valence-corrected chi connectivity index (χ0v) is 12.8. The Bertz CT molecular complexity index is 628. The fourth-order valence-corrected chi connectivity index (χ4v) is 3.78. The van der Waals surface area contributed by atoms with E-state index in [1.165, 1.54) is 7.11 Å². The molecule has 116 valence electrons. The Balaban J connectivity index is 2.09. The third-order valence-corrected chi connectivity index (χ3v) is 4.99. The van der Waals surface area contributed by atoms with Crippen molar-refractivity contribution in [3.05, 3.63) is 29.3 Å². The first-order chi connectivity index (χ1) is 9.91. The van der Waals surface area contributed by atoms with E-state index in [0.29, 0.717) is 5.69 Å². The SMILES string of the molecule is COC(=O)CCS(=O)(=O)NC1CCCc2cc(N)ccc21. The van der Waals surface area contributed by atoms with E-state index >= 15 is 0 Å². The molecule has 0 aliphatic heterocycles. The van der Waals surface area contributed by atoms with Crippen molar-refractivity contribution in [1.29, 1.82) is 0 Å². The first kappa shape index (κ1) is 15.8. The second-order valence-electron chi connectivity index (χ2n) is 5.17. The number of fused-ring (bicyclic) bond motifs is 1. The Kier molecular flexibility index (Phi) is 4.84. The average molecular weight is 312 g/mol. The van der Waals surface area contributed by atoms with Gasteiger partial charge in [0, 0.05) is 11.7 Å². The Labute approximate surface area is 124 Å². The van der Waals surface area contributed by atoms with Crippen molar-refractivity contribution in [2.75, 3.05) is 18.6 Å². The van der Waals surface area contributed by atoms with E-state index in [1.54, 1.807) is 6.07 Å². The highest BCUT2D eigenvalue weighted by atomic mass is 32.2. The van der Waals surface area contributed by atoms with Crippen LogP contribution in [0.2, 0.25) is 0 Å². The molecule has 6 nitrogen and oxygen atoms in total. The maximum absolute atomic E-state index is 12.1. The number of esters is 1. The first-order valence-electron chi connectivity index (χ1n) is 6.86. The van der Waals surface area contributed by atoms with Gasteiger partial charge in [0.1, 0.15) is 0 Å². The van der Waals surface area contributed by atoms with E-state index in [2.05, 4.69) is 9.46 Å². The monoisotopic (exact) mass is 312 g/mol. The summed E-state index contributed by atoms with van der Waals surface area (Å²) >= 11 is 0. The topological polar surface area (TPSA) is 98.5 Å². The quantitative estimate of drug-likeness (QED) is 0.627. The van der Waals surface area contributed by atoms with Crippen molar-refractivity contribution < 1.29 is 17.9 Å². The molecule has 0 aromatic heterocycles. The molecule has 1 unspecified atom stereocenters. The van der Waals surface area contributed by atoms with Gasteiger partial charge >= 0.3 is 5.97 Å². The molecule has 0 radical (unpaired) electrons. The Morgan fingerprint density at radius 2 is 2.24 bits per heavy atom. The van der Waals surface area contributed by atoms with E-state index in [9.17, 15) is 13.2 Å². The van der Waals surface area contributed by atoms with Gasteiger partial charge in [-0.25, -0.2) is 13.1 Å². The van der Waals surface area contributed by atoms with Gasteiger partial charge in [0.05, 0.1) is 19.3 Å². The van der Waals surface area contributed by atoms with Crippen LogP contribution in [0.15, 0.2) is 18.2 Å². The molecule has 0 heterocycles. The summed E-state index contributed by atoms with van der Waals surface area (Å²) < 4.78 is 31.2. The maximum Gasteiger partial charge on any atom is 0.306 e. The highest BCUT2D eigenvalue weighted by Crippen LogP contribution is 2.31.